The Kier molecular flexibility index (Phi) is 5.34. The number of piperazine rings is 1. The van der Waals surface area contributed by atoms with E-state index in [2.05, 4.69) is 42.1 Å². The second kappa shape index (κ2) is 8.03. The quantitative estimate of drug-likeness (QED) is 0.820. The van der Waals surface area contributed by atoms with Crippen molar-refractivity contribution in [3.8, 4) is 5.75 Å². The summed E-state index contributed by atoms with van der Waals surface area (Å²) in [5, 5.41) is 12.6. The molecule has 1 aromatic carbocycles. The zero-order chi connectivity index (χ0) is 17.8. The fraction of sp³-hybridized carbons (Fsp3) is 0.632. The lowest BCUT2D eigenvalue weighted by Gasteiger charge is -2.36. The van der Waals surface area contributed by atoms with Crippen molar-refractivity contribution in [2.45, 2.75) is 44.7 Å². The molecule has 0 bridgehead atoms. The van der Waals surface area contributed by atoms with Gasteiger partial charge in [-0.05, 0) is 47.5 Å². The molecule has 1 aliphatic heterocycles. The van der Waals surface area contributed by atoms with Crippen molar-refractivity contribution in [3.63, 3.8) is 0 Å². The maximum Gasteiger partial charge on any atom is 0.165 e. The molecule has 2 fully saturated rings. The van der Waals surface area contributed by atoms with Gasteiger partial charge in [0.2, 0.25) is 0 Å². The highest BCUT2D eigenvalue weighted by atomic mass is 16.5. The van der Waals surface area contributed by atoms with Crippen molar-refractivity contribution in [1.29, 1.82) is 0 Å². The third-order valence-corrected chi connectivity index (χ3v) is 5.66. The number of aromatic nitrogens is 4. The first kappa shape index (κ1) is 17.3. The molecule has 0 spiro atoms. The number of ether oxygens (including phenoxy) is 1. The topological polar surface area (TPSA) is 59.3 Å². The van der Waals surface area contributed by atoms with Crippen LogP contribution in [0.4, 0.5) is 5.69 Å². The van der Waals surface area contributed by atoms with Crippen LogP contribution in [0.2, 0.25) is 0 Å². The van der Waals surface area contributed by atoms with Crippen LogP contribution in [0.1, 0.15) is 44.0 Å². The number of nitrogens with zero attached hydrogens (tertiary/aromatic N) is 6. The minimum absolute atomic E-state index is 0.495. The van der Waals surface area contributed by atoms with Crippen LogP contribution in [0.15, 0.2) is 24.3 Å². The van der Waals surface area contributed by atoms with Gasteiger partial charge in [-0.15, -0.1) is 5.10 Å². The maximum atomic E-state index is 5.25. The molecule has 0 amide bonds. The molecule has 1 aromatic heterocycles. The Balaban J connectivity index is 1.33. The molecule has 2 aromatic rings. The smallest absolute Gasteiger partial charge is 0.165 e. The van der Waals surface area contributed by atoms with Crippen molar-refractivity contribution in [3.05, 3.63) is 30.1 Å². The Morgan fingerprint density at radius 2 is 1.73 bits per heavy atom. The van der Waals surface area contributed by atoms with Crippen molar-refractivity contribution < 1.29 is 4.74 Å². The van der Waals surface area contributed by atoms with E-state index in [-0.39, 0.29) is 0 Å². The molecular weight excluding hydrogens is 328 g/mol. The van der Waals surface area contributed by atoms with Crippen molar-refractivity contribution in [2.75, 3.05) is 38.2 Å². The van der Waals surface area contributed by atoms with E-state index in [1.54, 1.807) is 7.11 Å². The molecule has 4 rings (SSSR count). The molecule has 0 N–H and O–H groups in total. The number of benzene rings is 1. The average molecular weight is 356 g/mol. The van der Waals surface area contributed by atoms with Crippen LogP contribution >= 0.6 is 0 Å². The molecule has 7 nitrogen and oxygen atoms in total. The zero-order valence-electron chi connectivity index (χ0n) is 15.5. The van der Waals surface area contributed by atoms with E-state index in [1.807, 2.05) is 12.1 Å². The molecule has 1 aliphatic carbocycles. The van der Waals surface area contributed by atoms with Crippen LogP contribution < -0.4 is 9.64 Å². The average Bonchev–Trinajstić information content (AvgIpc) is 3.17. The summed E-state index contributed by atoms with van der Waals surface area (Å²) in [5.74, 6) is 1.93. The number of methoxy groups -OCH3 is 1. The van der Waals surface area contributed by atoms with E-state index < -0.39 is 0 Å². The molecule has 1 saturated heterocycles. The van der Waals surface area contributed by atoms with Gasteiger partial charge < -0.3 is 9.64 Å². The van der Waals surface area contributed by atoms with E-state index in [0.29, 0.717) is 6.04 Å². The minimum atomic E-state index is 0.495. The van der Waals surface area contributed by atoms with Gasteiger partial charge in [0, 0.05) is 31.9 Å². The normalized spacial score (nSPS) is 19.7. The number of hydrogen-bond donors (Lipinski definition) is 0. The van der Waals surface area contributed by atoms with E-state index in [0.717, 1.165) is 44.3 Å². The molecule has 1 saturated carbocycles. The van der Waals surface area contributed by atoms with Gasteiger partial charge in [-0.3, -0.25) is 4.90 Å². The highest BCUT2D eigenvalue weighted by molar-refractivity contribution is 5.49. The highest BCUT2D eigenvalue weighted by Gasteiger charge is 2.23. The van der Waals surface area contributed by atoms with Gasteiger partial charge in [-0.2, -0.15) is 0 Å². The van der Waals surface area contributed by atoms with E-state index in [1.165, 1.54) is 37.8 Å². The maximum absolute atomic E-state index is 5.25. The zero-order valence-corrected chi connectivity index (χ0v) is 15.5. The number of tetrazole rings is 1. The lowest BCUT2D eigenvalue weighted by atomic mass is 9.95. The van der Waals surface area contributed by atoms with Gasteiger partial charge in [0.25, 0.3) is 0 Å². The Morgan fingerprint density at radius 1 is 1.00 bits per heavy atom. The van der Waals surface area contributed by atoms with Crippen LogP contribution in [0.3, 0.4) is 0 Å². The summed E-state index contributed by atoms with van der Waals surface area (Å²) in [5.41, 5.74) is 1.26. The molecule has 2 aliphatic rings. The number of rotatable bonds is 5. The number of anilines is 1. The third-order valence-electron chi connectivity index (χ3n) is 5.66. The Morgan fingerprint density at radius 3 is 2.42 bits per heavy atom. The van der Waals surface area contributed by atoms with Crippen molar-refractivity contribution in [2.24, 2.45) is 0 Å². The summed E-state index contributed by atoms with van der Waals surface area (Å²) in [7, 11) is 1.70. The van der Waals surface area contributed by atoms with Crippen LogP contribution in [-0.4, -0.2) is 58.4 Å². The molecule has 0 atom stereocenters. The standard InChI is InChI=1S/C19H28N6O/c1-26-18-9-7-16(8-10-18)24-13-11-23(12-14-24)15-19-20-21-22-25(19)17-5-3-2-4-6-17/h7-10,17H,2-6,11-15H2,1H3. The molecular formula is C19H28N6O. The largest absolute Gasteiger partial charge is 0.497 e. The van der Waals surface area contributed by atoms with E-state index in [4.69, 9.17) is 4.74 Å². The molecule has 2 heterocycles. The fourth-order valence-corrected chi connectivity index (χ4v) is 4.08. The highest BCUT2D eigenvalue weighted by Crippen LogP contribution is 2.28. The minimum Gasteiger partial charge on any atom is -0.497 e. The first-order valence-corrected chi connectivity index (χ1v) is 9.71. The number of hydrogen-bond acceptors (Lipinski definition) is 6. The monoisotopic (exact) mass is 356 g/mol. The Hall–Kier alpha value is -2.15. The second-order valence-electron chi connectivity index (χ2n) is 7.29. The van der Waals surface area contributed by atoms with Crippen LogP contribution in [-0.2, 0) is 6.54 Å². The molecule has 26 heavy (non-hydrogen) atoms. The summed E-state index contributed by atoms with van der Waals surface area (Å²) in [6.07, 6.45) is 6.36. The molecule has 0 unspecified atom stereocenters. The fourth-order valence-electron chi connectivity index (χ4n) is 4.08. The van der Waals surface area contributed by atoms with Gasteiger partial charge in [0.05, 0.1) is 19.7 Å². The molecule has 0 radical (unpaired) electrons. The molecule has 7 heteroatoms. The van der Waals surface area contributed by atoms with Gasteiger partial charge in [-0.25, -0.2) is 4.68 Å². The van der Waals surface area contributed by atoms with Gasteiger partial charge in [0.15, 0.2) is 5.82 Å². The first-order valence-electron chi connectivity index (χ1n) is 9.71. The van der Waals surface area contributed by atoms with Crippen molar-refractivity contribution >= 4 is 5.69 Å². The van der Waals surface area contributed by atoms with Crippen LogP contribution in [0, 0.1) is 0 Å². The van der Waals surface area contributed by atoms with E-state index in [9.17, 15) is 0 Å². The summed E-state index contributed by atoms with van der Waals surface area (Å²) in [6, 6.07) is 8.82. The summed E-state index contributed by atoms with van der Waals surface area (Å²) in [6.45, 7) is 4.96. The van der Waals surface area contributed by atoms with Gasteiger partial charge in [-0.1, -0.05) is 19.3 Å². The van der Waals surface area contributed by atoms with Gasteiger partial charge in [0.1, 0.15) is 5.75 Å². The van der Waals surface area contributed by atoms with Crippen molar-refractivity contribution in [1.82, 2.24) is 25.1 Å². The van der Waals surface area contributed by atoms with Crippen LogP contribution in [0.5, 0.6) is 5.75 Å². The lowest BCUT2D eigenvalue weighted by molar-refractivity contribution is 0.229. The third kappa shape index (κ3) is 3.82. The van der Waals surface area contributed by atoms with Crippen LogP contribution in [0.25, 0.3) is 0 Å². The Labute approximate surface area is 154 Å². The Bertz CT molecular complexity index is 686. The lowest BCUT2D eigenvalue weighted by Crippen LogP contribution is -2.46. The predicted molar refractivity (Wildman–Crippen MR) is 100 cm³/mol. The summed E-state index contributed by atoms with van der Waals surface area (Å²) >= 11 is 0. The summed E-state index contributed by atoms with van der Waals surface area (Å²) in [4.78, 5) is 4.89. The predicted octanol–water partition coefficient (Wildman–Crippen LogP) is 2.51. The first-order chi connectivity index (χ1) is 12.8. The summed E-state index contributed by atoms with van der Waals surface area (Å²) < 4.78 is 7.34. The molecule has 140 valence electrons. The van der Waals surface area contributed by atoms with E-state index >= 15 is 0 Å². The second-order valence-corrected chi connectivity index (χ2v) is 7.29. The van der Waals surface area contributed by atoms with Gasteiger partial charge >= 0.3 is 0 Å². The SMILES string of the molecule is COc1ccc(N2CCN(Cc3nnnn3C3CCCCC3)CC2)cc1.